The number of carboxylic acids is 1. The van der Waals surface area contributed by atoms with Crippen LogP contribution in [0.15, 0.2) is 75.0 Å². The zero-order valence-corrected chi connectivity index (χ0v) is 16.6. The van der Waals surface area contributed by atoms with Gasteiger partial charge in [-0.2, -0.15) is 4.99 Å². The lowest BCUT2D eigenvalue weighted by molar-refractivity contribution is -0.113. The van der Waals surface area contributed by atoms with Crippen molar-refractivity contribution in [2.45, 2.75) is 0 Å². The lowest BCUT2D eigenvalue weighted by atomic mass is 10.1. The van der Waals surface area contributed by atoms with Crippen molar-refractivity contribution in [2.24, 2.45) is 4.99 Å². The molecular formula is C22H16N2O5S. The van der Waals surface area contributed by atoms with Crippen LogP contribution in [0.5, 0.6) is 5.75 Å². The number of aromatic hydroxyl groups is 1. The number of anilines is 1. The van der Waals surface area contributed by atoms with E-state index in [1.54, 1.807) is 66.6 Å². The molecule has 1 amide bonds. The Labute approximate surface area is 176 Å². The first-order valence-corrected chi connectivity index (χ1v) is 9.71. The maximum atomic E-state index is 12.3. The Balaban J connectivity index is 1.50. The van der Waals surface area contributed by atoms with Gasteiger partial charge in [-0.1, -0.05) is 12.1 Å². The van der Waals surface area contributed by atoms with Gasteiger partial charge >= 0.3 is 5.97 Å². The van der Waals surface area contributed by atoms with Crippen molar-refractivity contribution in [3.63, 3.8) is 0 Å². The molecule has 30 heavy (non-hydrogen) atoms. The molecule has 2 N–H and O–H groups in total. The summed E-state index contributed by atoms with van der Waals surface area (Å²) < 4.78 is 5.79. The quantitative estimate of drug-likeness (QED) is 0.601. The first kappa shape index (κ1) is 19.5. The molecule has 0 saturated carbocycles. The Bertz CT molecular complexity index is 1180. The van der Waals surface area contributed by atoms with Gasteiger partial charge in [0, 0.05) is 24.4 Å². The minimum atomic E-state index is -0.990. The second-order valence-corrected chi connectivity index (χ2v) is 7.48. The van der Waals surface area contributed by atoms with E-state index < -0.39 is 5.97 Å². The molecule has 0 spiro atoms. The molecule has 0 aliphatic carbocycles. The van der Waals surface area contributed by atoms with E-state index in [9.17, 15) is 14.7 Å². The number of carbonyl (C=O) groups excluding carboxylic acids is 1. The molecule has 2 heterocycles. The number of rotatable bonds is 4. The Morgan fingerprint density at radius 3 is 2.43 bits per heavy atom. The number of nitrogens with zero attached hydrogens (tertiary/aromatic N) is 2. The van der Waals surface area contributed by atoms with E-state index in [0.717, 1.165) is 11.3 Å². The van der Waals surface area contributed by atoms with Gasteiger partial charge in [0.1, 0.15) is 17.3 Å². The van der Waals surface area contributed by atoms with Crippen LogP contribution in [0.1, 0.15) is 16.1 Å². The molecule has 3 aromatic rings. The highest BCUT2D eigenvalue weighted by Crippen LogP contribution is 2.33. The Morgan fingerprint density at radius 2 is 1.77 bits per heavy atom. The van der Waals surface area contributed by atoms with Gasteiger partial charge < -0.3 is 19.5 Å². The van der Waals surface area contributed by atoms with Crippen molar-refractivity contribution in [1.29, 1.82) is 0 Å². The molecule has 0 atom stereocenters. The lowest BCUT2D eigenvalue weighted by Crippen LogP contribution is -2.21. The van der Waals surface area contributed by atoms with E-state index in [4.69, 9.17) is 9.52 Å². The minimum absolute atomic E-state index is 0.163. The van der Waals surface area contributed by atoms with Crippen LogP contribution in [0.25, 0.3) is 17.4 Å². The molecule has 1 aliphatic rings. The molecule has 4 rings (SSSR count). The van der Waals surface area contributed by atoms with Crippen molar-refractivity contribution < 1.29 is 24.2 Å². The van der Waals surface area contributed by atoms with E-state index in [-0.39, 0.29) is 17.2 Å². The van der Waals surface area contributed by atoms with Crippen LogP contribution in [0.4, 0.5) is 5.69 Å². The van der Waals surface area contributed by atoms with Crippen molar-refractivity contribution >= 4 is 40.6 Å². The van der Waals surface area contributed by atoms with Gasteiger partial charge in [0.2, 0.25) is 0 Å². The third-order valence-corrected chi connectivity index (χ3v) is 5.51. The lowest BCUT2D eigenvalue weighted by Gasteiger charge is -2.17. The van der Waals surface area contributed by atoms with E-state index in [0.29, 0.717) is 21.6 Å². The zero-order valence-electron chi connectivity index (χ0n) is 15.8. The summed E-state index contributed by atoms with van der Waals surface area (Å²) in [5.74, 6) is -0.125. The molecular weight excluding hydrogens is 404 g/mol. The third-order valence-electron chi connectivity index (χ3n) is 4.45. The molecule has 0 radical (unpaired) electrons. The zero-order chi connectivity index (χ0) is 21.3. The summed E-state index contributed by atoms with van der Waals surface area (Å²) in [5, 5.41) is 18.9. The number of carbonyl (C=O) groups is 2. The normalized spacial score (nSPS) is 14.8. The SMILES string of the molecule is CN(C1=NC(=O)/C(=C/c2ccc(-c3ccc(C(=O)O)cc3)o2)S1)c1ccc(O)cc1. The maximum Gasteiger partial charge on any atom is 0.335 e. The summed E-state index contributed by atoms with van der Waals surface area (Å²) in [4.78, 5) is 29.6. The highest BCUT2D eigenvalue weighted by molar-refractivity contribution is 8.18. The summed E-state index contributed by atoms with van der Waals surface area (Å²) in [6.45, 7) is 0. The fourth-order valence-electron chi connectivity index (χ4n) is 2.82. The topological polar surface area (TPSA) is 103 Å². The fourth-order valence-corrected chi connectivity index (χ4v) is 3.70. The number of benzene rings is 2. The van der Waals surface area contributed by atoms with Crippen LogP contribution in [-0.2, 0) is 4.79 Å². The van der Waals surface area contributed by atoms with Gasteiger partial charge in [-0.3, -0.25) is 4.79 Å². The number of hydrogen-bond acceptors (Lipinski definition) is 6. The van der Waals surface area contributed by atoms with Gasteiger partial charge in [-0.15, -0.1) is 0 Å². The number of phenolic OH excluding ortho intramolecular Hbond substituents is 1. The first-order chi connectivity index (χ1) is 14.4. The minimum Gasteiger partial charge on any atom is -0.508 e. The van der Waals surface area contributed by atoms with E-state index in [1.807, 2.05) is 0 Å². The van der Waals surface area contributed by atoms with Gasteiger partial charge in [0.05, 0.1) is 10.5 Å². The molecule has 0 saturated heterocycles. The van der Waals surface area contributed by atoms with Crippen LogP contribution in [0.2, 0.25) is 0 Å². The van der Waals surface area contributed by atoms with E-state index in [2.05, 4.69) is 4.99 Å². The predicted molar refractivity (Wildman–Crippen MR) is 116 cm³/mol. The first-order valence-electron chi connectivity index (χ1n) is 8.89. The van der Waals surface area contributed by atoms with Crippen LogP contribution in [0.3, 0.4) is 0 Å². The van der Waals surface area contributed by atoms with Gasteiger partial charge in [-0.25, -0.2) is 4.79 Å². The molecule has 7 nitrogen and oxygen atoms in total. The van der Waals surface area contributed by atoms with Gasteiger partial charge in [0.15, 0.2) is 5.17 Å². The summed E-state index contributed by atoms with van der Waals surface area (Å²) in [7, 11) is 1.79. The van der Waals surface area contributed by atoms with Crippen LogP contribution in [-0.4, -0.2) is 34.3 Å². The molecule has 8 heteroatoms. The van der Waals surface area contributed by atoms with Gasteiger partial charge in [-0.05, 0) is 60.3 Å². The number of phenols is 1. The number of furan rings is 1. The second-order valence-electron chi connectivity index (χ2n) is 6.47. The van der Waals surface area contributed by atoms with Crippen molar-refractivity contribution in [2.75, 3.05) is 11.9 Å². The molecule has 1 aromatic heterocycles. The number of aromatic carboxylic acids is 1. The van der Waals surface area contributed by atoms with Gasteiger partial charge in [0.25, 0.3) is 5.91 Å². The molecule has 0 bridgehead atoms. The van der Waals surface area contributed by atoms with Crippen LogP contribution >= 0.6 is 11.8 Å². The van der Waals surface area contributed by atoms with Crippen molar-refractivity contribution in [3.05, 3.63) is 76.9 Å². The number of carboxylic acid groups (broad SMARTS) is 1. The summed E-state index contributed by atoms with van der Waals surface area (Å²) in [5.41, 5.74) is 1.72. The number of aliphatic imine (C=N–C) groups is 1. The molecule has 150 valence electrons. The monoisotopic (exact) mass is 420 g/mol. The van der Waals surface area contributed by atoms with Crippen molar-refractivity contribution in [3.8, 4) is 17.1 Å². The van der Waals surface area contributed by atoms with Crippen molar-refractivity contribution in [1.82, 2.24) is 0 Å². The molecule has 2 aromatic carbocycles. The Hall–Kier alpha value is -3.78. The molecule has 0 fully saturated rings. The van der Waals surface area contributed by atoms with Crippen LogP contribution < -0.4 is 4.90 Å². The van der Waals surface area contributed by atoms with E-state index >= 15 is 0 Å². The highest BCUT2D eigenvalue weighted by Gasteiger charge is 2.25. The number of amides is 1. The maximum absolute atomic E-state index is 12.3. The average Bonchev–Trinajstić information content (AvgIpc) is 3.35. The second kappa shape index (κ2) is 7.92. The Morgan fingerprint density at radius 1 is 1.07 bits per heavy atom. The molecule has 0 unspecified atom stereocenters. The summed E-state index contributed by atoms with van der Waals surface area (Å²) >= 11 is 1.23. The molecule has 1 aliphatic heterocycles. The highest BCUT2D eigenvalue weighted by atomic mass is 32.2. The number of hydrogen-bond donors (Lipinski definition) is 2. The summed E-state index contributed by atoms with van der Waals surface area (Å²) in [6.07, 6.45) is 1.63. The van der Waals surface area contributed by atoms with Crippen LogP contribution in [0, 0.1) is 0 Å². The number of amidine groups is 1. The Kier molecular flexibility index (Phi) is 5.16. The largest absolute Gasteiger partial charge is 0.508 e. The standard InChI is InChI=1S/C22H16N2O5S/c1-24(15-6-8-16(25)9-7-15)22-23-20(26)19(30-22)12-17-10-11-18(29-17)13-2-4-14(5-3-13)21(27)28/h2-12,25H,1H3,(H,27,28)/b19-12-. The number of thioether (sulfide) groups is 1. The summed E-state index contributed by atoms with van der Waals surface area (Å²) in [6, 6.07) is 16.5. The average molecular weight is 420 g/mol. The third kappa shape index (κ3) is 3.99. The van der Waals surface area contributed by atoms with E-state index in [1.165, 1.54) is 23.9 Å². The smallest absolute Gasteiger partial charge is 0.335 e. The predicted octanol–water partition coefficient (Wildman–Crippen LogP) is 4.46. The fraction of sp³-hybridized carbons (Fsp3) is 0.0455.